The van der Waals surface area contributed by atoms with Crippen LogP contribution in [0.4, 0.5) is 0 Å². The SMILES string of the molecule is CCCCCCCCC[C@H](CC=CC=CC=CC=CC=CC(=O)O)OO. The van der Waals surface area contributed by atoms with E-state index < -0.39 is 5.97 Å². The third-order valence-corrected chi connectivity index (χ3v) is 3.83. The van der Waals surface area contributed by atoms with E-state index in [2.05, 4.69) is 11.8 Å². The number of allylic oxidation sites excluding steroid dienone is 8. The molecular weight excluding hydrogens is 328 g/mol. The molecule has 0 aliphatic rings. The van der Waals surface area contributed by atoms with Crippen LogP contribution in [0.2, 0.25) is 0 Å². The summed E-state index contributed by atoms with van der Waals surface area (Å²) >= 11 is 0. The second kappa shape index (κ2) is 19.4. The van der Waals surface area contributed by atoms with Gasteiger partial charge in [0.05, 0.1) is 6.10 Å². The van der Waals surface area contributed by atoms with Gasteiger partial charge in [-0.05, 0) is 12.8 Å². The van der Waals surface area contributed by atoms with Gasteiger partial charge in [-0.3, -0.25) is 5.26 Å². The van der Waals surface area contributed by atoms with Crippen LogP contribution in [-0.4, -0.2) is 22.4 Å². The van der Waals surface area contributed by atoms with Gasteiger partial charge >= 0.3 is 5.97 Å². The van der Waals surface area contributed by atoms with E-state index in [9.17, 15) is 4.79 Å². The van der Waals surface area contributed by atoms with E-state index in [1.165, 1.54) is 44.6 Å². The number of unbranched alkanes of at least 4 members (excludes halogenated alkanes) is 6. The summed E-state index contributed by atoms with van der Waals surface area (Å²) in [6, 6.07) is 0. The minimum atomic E-state index is -0.958. The molecule has 0 aromatic rings. The van der Waals surface area contributed by atoms with Gasteiger partial charge in [-0.15, -0.1) is 0 Å². The van der Waals surface area contributed by atoms with Gasteiger partial charge in [-0.25, -0.2) is 9.68 Å². The molecule has 4 heteroatoms. The van der Waals surface area contributed by atoms with Crippen LogP contribution in [0.25, 0.3) is 0 Å². The van der Waals surface area contributed by atoms with Crippen molar-refractivity contribution in [2.24, 2.45) is 0 Å². The lowest BCUT2D eigenvalue weighted by molar-refractivity contribution is -0.279. The lowest BCUT2D eigenvalue weighted by Gasteiger charge is -2.10. The van der Waals surface area contributed by atoms with Gasteiger partial charge in [-0.2, -0.15) is 0 Å². The molecule has 146 valence electrons. The van der Waals surface area contributed by atoms with E-state index in [0.29, 0.717) is 6.42 Å². The van der Waals surface area contributed by atoms with Gasteiger partial charge in [0, 0.05) is 6.08 Å². The maximum atomic E-state index is 10.2. The Kier molecular flexibility index (Phi) is 18.0. The molecule has 0 aliphatic carbocycles. The Bertz CT molecular complexity index is 473. The fraction of sp³-hybridized carbons (Fsp3) is 0.500. The number of carboxylic acid groups (broad SMARTS) is 1. The van der Waals surface area contributed by atoms with Gasteiger partial charge in [0.25, 0.3) is 0 Å². The Labute approximate surface area is 158 Å². The topological polar surface area (TPSA) is 66.8 Å². The first-order valence-electron chi connectivity index (χ1n) is 9.57. The van der Waals surface area contributed by atoms with Gasteiger partial charge in [0.2, 0.25) is 0 Å². The number of hydrogen-bond acceptors (Lipinski definition) is 3. The highest BCUT2D eigenvalue weighted by atomic mass is 17.1. The summed E-state index contributed by atoms with van der Waals surface area (Å²) in [7, 11) is 0. The summed E-state index contributed by atoms with van der Waals surface area (Å²) in [6.45, 7) is 2.22. The van der Waals surface area contributed by atoms with Crippen LogP contribution in [0.3, 0.4) is 0 Å². The number of aliphatic carboxylic acids is 1. The molecule has 0 saturated heterocycles. The molecule has 26 heavy (non-hydrogen) atoms. The number of carbonyl (C=O) groups is 1. The van der Waals surface area contributed by atoms with Crippen molar-refractivity contribution in [3.63, 3.8) is 0 Å². The quantitative estimate of drug-likeness (QED) is 0.112. The highest BCUT2D eigenvalue weighted by Gasteiger charge is 2.06. The maximum Gasteiger partial charge on any atom is 0.328 e. The Hall–Kier alpha value is -1.91. The second-order valence-corrected chi connectivity index (χ2v) is 6.15. The molecule has 0 saturated carbocycles. The summed E-state index contributed by atoms with van der Waals surface area (Å²) < 4.78 is 0. The van der Waals surface area contributed by atoms with Gasteiger partial charge in [0.15, 0.2) is 0 Å². The van der Waals surface area contributed by atoms with E-state index in [4.69, 9.17) is 10.4 Å². The van der Waals surface area contributed by atoms with Crippen LogP contribution in [0, 0.1) is 0 Å². The third-order valence-electron chi connectivity index (χ3n) is 3.83. The average Bonchev–Trinajstić information content (AvgIpc) is 2.63. The van der Waals surface area contributed by atoms with Crippen molar-refractivity contribution in [3.05, 3.63) is 60.8 Å². The molecule has 0 heterocycles. The van der Waals surface area contributed by atoms with Crippen molar-refractivity contribution in [1.29, 1.82) is 0 Å². The number of carboxylic acids is 1. The lowest BCUT2D eigenvalue weighted by Crippen LogP contribution is -2.09. The van der Waals surface area contributed by atoms with E-state index in [1.807, 2.05) is 36.5 Å². The number of hydrogen-bond donors (Lipinski definition) is 2. The Balaban J connectivity index is 3.79. The second-order valence-electron chi connectivity index (χ2n) is 6.15. The molecule has 0 aromatic heterocycles. The van der Waals surface area contributed by atoms with Crippen molar-refractivity contribution in [3.8, 4) is 0 Å². The van der Waals surface area contributed by atoms with Crippen LogP contribution in [-0.2, 0) is 9.68 Å². The predicted octanol–water partition coefficient (Wildman–Crippen LogP) is 6.24. The standard InChI is InChI=1S/C22H34O4/c1-2-3-4-5-9-12-15-18-21(26-25)19-16-13-10-7-6-8-11-14-17-20-22(23)24/h6-8,10-11,13-14,16-17,20-21,25H,2-5,9,12,15,18-19H2,1H3,(H,23,24)/t21-/m1/s1. The molecule has 2 N–H and O–H groups in total. The van der Waals surface area contributed by atoms with Crippen LogP contribution >= 0.6 is 0 Å². The van der Waals surface area contributed by atoms with Crippen LogP contribution in [0.5, 0.6) is 0 Å². The van der Waals surface area contributed by atoms with Crippen molar-refractivity contribution >= 4 is 5.97 Å². The zero-order chi connectivity index (χ0) is 19.3. The molecule has 0 fully saturated rings. The minimum Gasteiger partial charge on any atom is -0.478 e. The molecule has 0 radical (unpaired) electrons. The van der Waals surface area contributed by atoms with Crippen molar-refractivity contribution < 1.29 is 20.0 Å². The van der Waals surface area contributed by atoms with Crippen molar-refractivity contribution in [2.75, 3.05) is 0 Å². The maximum absolute atomic E-state index is 10.2. The van der Waals surface area contributed by atoms with Gasteiger partial charge in [-0.1, -0.05) is 107 Å². The minimum absolute atomic E-state index is 0.130. The molecular formula is C22H34O4. The normalized spacial score (nSPS) is 13.9. The molecule has 0 amide bonds. The van der Waals surface area contributed by atoms with E-state index in [-0.39, 0.29) is 6.10 Å². The summed E-state index contributed by atoms with van der Waals surface area (Å²) in [4.78, 5) is 14.8. The number of rotatable bonds is 16. The van der Waals surface area contributed by atoms with Crippen molar-refractivity contribution in [1.82, 2.24) is 0 Å². The highest BCUT2D eigenvalue weighted by Crippen LogP contribution is 2.13. The zero-order valence-electron chi connectivity index (χ0n) is 15.9. The lowest BCUT2D eigenvalue weighted by atomic mass is 10.0. The largest absolute Gasteiger partial charge is 0.478 e. The Morgan fingerprint density at radius 1 is 0.846 bits per heavy atom. The molecule has 0 aliphatic heterocycles. The first-order valence-corrected chi connectivity index (χ1v) is 9.57. The van der Waals surface area contributed by atoms with Crippen LogP contribution in [0.1, 0.15) is 64.7 Å². The molecule has 0 unspecified atom stereocenters. The zero-order valence-corrected chi connectivity index (χ0v) is 15.9. The van der Waals surface area contributed by atoms with E-state index in [0.717, 1.165) is 18.9 Å². The average molecular weight is 363 g/mol. The third kappa shape index (κ3) is 18.4. The fourth-order valence-electron chi connectivity index (χ4n) is 2.37. The Morgan fingerprint density at radius 3 is 1.96 bits per heavy atom. The summed E-state index contributed by atoms with van der Waals surface area (Å²) in [5.41, 5.74) is 0. The molecule has 0 spiro atoms. The van der Waals surface area contributed by atoms with E-state index >= 15 is 0 Å². The first kappa shape index (κ1) is 24.1. The fourth-order valence-corrected chi connectivity index (χ4v) is 2.37. The van der Waals surface area contributed by atoms with Gasteiger partial charge in [0.1, 0.15) is 0 Å². The predicted molar refractivity (Wildman–Crippen MR) is 108 cm³/mol. The molecule has 0 rings (SSSR count). The smallest absolute Gasteiger partial charge is 0.328 e. The van der Waals surface area contributed by atoms with Gasteiger partial charge < -0.3 is 5.11 Å². The highest BCUT2D eigenvalue weighted by molar-refractivity contribution is 5.80. The summed E-state index contributed by atoms with van der Waals surface area (Å²) in [5, 5.41) is 17.4. The molecule has 1 atom stereocenters. The first-order chi connectivity index (χ1) is 12.7. The summed E-state index contributed by atoms with van der Waals surface area (Å²) in [6.07, 6.45) is 27.6. The molecule has 0 aromatic carbocycles. The van der Waals surface area contributed by atoms with Crippen molar-refractivity contribution in [2.45, 2.75) is 70.8 Å². The molecule has 4 nitrogen and oxygen atoms in total. The summed E-state index contributed by atoms with van der Waals surface area (Å²) in [5.74, 6) is -0.958. The monoisotopic (exact) mass is 362 g/mol. The van der Waals surface area contributed by atoms with Crippen LogP contribution in [0.15, 0.2) is 60.8 Å². The van der Waals surface area contributed by atoms with E-state index in [1.54, 1.807) is 12.2 Å². The molecule has 0 bridgehead atoms. The Morgan fingerprint density at radius 2 is 1.38 bits per heavy atom. The van der Waals surface area contributed by atoms with Crippen LogP contribution < -0.4 is 0 Å².